The molecule has 6 heteroatoms. The van der Waals surface area contributed by atoms with E-state index in [1.54, 1.807) is 0 Å². The van der Waals surface area contributed by atoms with Crippen molar-refractivity contribution in [2.75, 3.05) is 27.2 Å². The highest BCUT2D eigenvalue weighted by Gasteiger charge is 2.10. The number of rotatable bonds is 7. The first-order valence-corrected chi connectivity index (χ1v) is 6.94. The molecule has 0 saturated heterocycles. The average molecular weight is 288 g/mol. The zero-order chi connectivity index (χ0) is 15.1. The maximum atomic E-state index is 11.7. The normalized spacial score (nSPS) is 10.8. The van der Waals surface area contributed by atoms with E-state index < -0.39 is 0 Å². The molecule has 0 aliphatic carbocycles. The van der Waals surface area contributed by atoms with Crippen LogP contribution in [0.15, 0.2) is 34.9 Å². The van der Waals surface area contributed by atoms with Crippen molar-refractivity contribution in [2.45, 2.75) is 12.8 Å². The highest BCUT2D eigenvalue weighted by atomic mass is 16.5. The van der Waals surface area contributed by atoms with Crippen LogP contribution < -0.4 is 5.32 Å². The molecule has 0 aliphatic rings. The number of nitrogens with zero attached hydrogens (tertiary/aromatic N) is 3. The Morgan fingerprint density at radius 3 is 2.76 bits per heavy atom. The third-order valence-corrected chi connectivity index (χ3v) is 2.95. The van der Waals surface area contributed by atoms with Crippen molar-refractivity contribution in [3.8, 4) is 11.4 Å². The third kappa shape index (κ3) is 5.00. The van der Waals surface area contributed by atoms with Gasteiger partial charge in [0.25, 0.3) is 0 Å². The van der Waals surface area contributed by atoms with Gasteiger partial charge in [0, 0.05) is 31.5 Å². The largest absolute Gasteiger partial charge is 0.355 e. The number of aromatic nitrogens is 2. The summed E-state index contributed by atoms with van der Waals surface area (Å²) in [4.78, 5) is 18.0. The average Bonchev–Trinajstić information content (AvgIpc) is 2.94. The van der Waals surface area contributed by atoms with Crippen molar-refractivity contribution in [3.05, 3.63) is 36.2 Å². The van der Waals surface area contributed by atoms with E-state index in [0.717, 1.165) is 12.1 Å². The van der Waals surface area contributed by atoms with Gasteiger partial charge in [-0.3, -0.25) is 4.79 Å². The summed E-state index contributed by atoms with van der Waals surface area (Å²) in [6.07, 6.45) is 0.803. The van der Waals surface area contributed by atoms with Crippen molar-refractivity contribution in [1.29, 1.82) is 0 Å². The first-order valence-electron chi connectivity index (χ1n) is 6.94. The minimum absolute atomic E-state index is 0.00342. The maximum Gasteiger partial charge on any atom is 0.227 e. The second-order valence-electron chi connectivity index (χ2n) is 5.03. The molecule has 1 heterocycles. The molecule has 1 N–H and O–H groups in total. The standard InChI is InChI=1S/C15H20N4O2/c1-19(2)11-10-16-13(20)8-9-14-17-15(18-21-14)12-6-4-3-5-7-12/h3-7H,8-11H2,1-2H3,(H,16,20). The molecule has 0 unspecified atom stereocenters. The SMILES string of the molecule is CN(C)CCNC(=O)CCc1nc(-c2ccccc2)no1. The molecule has 0 spiro atoms. The predicted molar refractivity (Wildman–Crippen MR) is 79.6 cm³/mol. The molecule has 1 aromatic carbocycles. The Labute approximate surface area is 124 Å². The molecule has 0 fully saturated rings. The van der Waals surface area contributed by atoms with Crippen LogP contribution in [0.1, 0.15) is 12.3 Å². The second-order valence-corrected chi connectivity index (χ2v) is 5.03. The molecule has 21 heavy (non-hydrogen) atoms. The van der Waals surface area contributed by atoms with Gasteiger partial charge in [0.15, 0.2) is 0 Å². The quantitative estimate of drug-likeness (QED) is 0.832. The molecule has 2 aromatic rings. The van der Waals surface area contributed by atoms with Gasteiger partial charge in [-0.05, 0) is 14.1 Å². The number of carbonyl (C=O) groups is 1. The molecule has 112 valence electrons. The number of hydrogen-bond donors (Lipinski definition) is 1. The van der Waals surface area contributed by atoms with Crippen LogP contribution in [0.5, 0.6) is 0 Å². The maximum absolute atomic E-state index is 11.7. The van der Waals surface area contributed by atoms with Gasteiger partial charge in [-0.25, -0.2) is 0 Å². The number of nitrogens with one attached hydrogen (secondary N) is 1. The topological polar surface area (TPSA) is 71.3 Å². The summed E-state index contributed by atoms with van der Waals surface area (Å²) in [5.74, 6) is 1.03. The van der Waals surface area contributed by atoms with E-state index in [2.05, 4.69) is 15.5 Å². The second kappa shape index (κ2) is 7.54. The lowest BCUT2D eigenvalue weighted by Crippen LogP contribution is -2.31. The van der Waals surface area contributed by atoms with Crippen molar-refractivity contribution in [2.24, 2.45) is 0 Å². The highest BCUT2D eigenvalue weighted by molar-refractivity contribution is 5.76. The van der Waals surface area contributed by atoms with Crippen molar-refractivity contribution >= 4 is 5.91 Å². The zero-order valence-corrected chi connectivity index (χ0v) is 12.4. The number of amides is 1. The Hall–Kier alpha value is -2.21. The Balaban J connectivity index is 1.79. The van der Waals surface area contributed by atoms with Crippen LogP contribution in [0.25, 0.3) is 11.4 Å². The zero-order valence-electron chi connectivity index (χ0n) is 12.4. The van der Waals surface area contributed by atoms with E-state index >= 15 is 0 Å². The molecule has 0 radical (unpaired) electrons. The highest BCUT2D eigenvalue weighted by Crippen LogP contribution is 2.15. The van der Waals surface area contributed by atoms with Crippen LogP contribution in [-0.4, -0.2) is 48.1 Å². The summed E-state index contributed by atoms with van der Waals surface area (Å²) in [5.41, 5.74) is 0.905. The number of carbonyl (C=O) groups excluding carboxylic acids is 1. The number of aryl methyl sites for hydroxylation is 1. The summed E-state index contributed by atoms with van der Waals surface area (Å²) in [7, 11) is 3.94. The lowest BCUT2D eigenvalue weighted by Gasteiger charge is -2.09. The molecule has 1 amide bonds. The number of likely N-dealkylation sites (N-methyl/N-ethyl adjacent to an activating group) is 1. The van der Waals surface area contributed by atoms with E-state index in [0.29, 0.717) is 31.1 Å². The molecular formula is C15H20N4O2. The predicted octanol–water partition coefficient (Wildman–Crippen LogP) is 1.35. The van der Waals surface area contributed by atoms with Gasteiger partial charge in [0.2, 0.25) is 17.6 Å². The fourth-order valence-electron chi connectivity index (χ4n) is 1.79. The fraction of sp³-hybridized carbons (Fsp3) is 0.400. The molecule has 0 bridgehead atoms. The van der Waals surface area contributed by atoms with Gasteiger partial charge in [0.05, 0.1) is 0 Å². The molecule has 2 rings (SSSR count). The van der Waals surface area contributed by atoms with Crippen LogP contribution >= 0.6 is 0 Å². The molecule has 0 atom stereocenters. The van der Waals surface area contributed by atoms with Crippen molar-refractivity contribution < 1.29 is 9.32 Å². The number of hydrogen-bond acceptors (Lipinski definition) is 5. The van der Waals surface area contributed by atoms with Crippen LogP contribution in [0.3, 0.4) is 0 Å². The smallest absolute Gasteiger partial charge is 0.227 e. The molecular weight excluding hydrogens is 268 g/mol. The van der Waals surface area contributed by atoms with Gasteiger partial charge in [-0.2, -0.15) is 4.98 Å². The van der Waals surface area contributed by atoms with Crippen LogP contribution in [-0.2, 0) is 11.2 Å². The van der Waals surface area contributed by atoms with Crippen LogP contribution in [0, 0.1) is 0 Å². The van der Waals surface area contributed by atoms with Gasteiger partial charge in [-0.1, -0.05) is 35.5 Å². The summed E-state index contributed by atoms with van der Waals surface area (Å²) in [6.45, 7) is 1.47. The first kappa shape index (κ1) is 15.2. The monoisotopic (exact) mass is 288 g/mol. The minimum atomic E-state index is -0.00342. The van der Waals surface area contributed by atoms with E-state index in [-0.39, 0.29) is 5.91 Å². The van der Waals surface area contributed by atoms with E-state index in [1.807, 2.05) is 49.3 Å². The first-order chi connectivity index (χ1) is 10.1. The summed E-state index contributed by atoms with van der Waals surface area (Å²) in [6, 6.07) is 9.61. The molecule has 0 saturated carbocycles. The lowest BCUT2D eigenvalue weighted by atomic mass is 10.2. The van der Waals surface area contributed by atoms with Gasteiger partial charge in [-0.15, -0.1) is 0 Å². The summed E-state index contributed by atoms with van der Waals surface area (Å²) >= 11 is 0. The summed E-state index contributed by atoms with van der Waals surface area (Å²) < 4.78 is 5.16. The molecule has 1 aromatic heterocycles. The Morgan fingerprint density at radius 1 is 1.29 bits per heavy atom. The van der Waals surface area contributed by atoms with Crippen molar-refractivity contribution in [1.82, 2.24) is 20.4 Å². The summed E-state index contributed by atoms with van der Waals surface area (Å²) in [5, 5.41) is 6.78. The van der Waals surface area contributed by atoms with Gasteiger partial charge in [0.1, 0.15) is 0 Å². The fourth-order valence-corrected chi connectivity index (χ4v) is 1.79. The van der Waals surface area contributed by atoms with Crippen LogP contribution in [0.2, 0.25) is 0 Å². The molecule has 6 nitrogen and oxygen atoms in total. The lowest BCUT2D eigenvalue weighted by molar-refractivity contribution is -0.121. The third-order valence-electron chi connectivity index (χ3n) is 2.95. The van der Waals surface area contributed by atoms with Crippen LogP contribution in [0.4, 0.5) is 0 Å². The van der Waals surface area contributed by atoms with E-state index in [9.17, 15) is 4.79 Å². The Kier molecular flexibility index (Phi) is 5.45. The Morgan fingerprint density at radius 2 is 2.05 bits per heavy atom. The van der Waals surface area contributed by atoms with E-state index in [4.69, 9.17) is 4.52 Å². The van der Waals surface area contributed by atoms with Gasteiger partial charge < -0.3 is 14.7 Å². The molecule has 0 aliphatic heterocycles. The van der Waals surface area contributed by atoms with Crippen molar-refractivity contribution in [3.63, 3.8) is 0 Å². The minimum Gasteiger partial charge on any atom is -0.355 e. The van der Waals surface area contributed by atoms with E-state index in [1.165, 1.54) is 0 Å². The number of benzene rings is 1. The van der Waals surface area contributed by atoms with Gasteiger partial charge >= 0.3 is 0 Å². The Bertz CT molecular complexity index is 566.